The van der Waals surface area contributed by atoms with E-state index in [1.54, 1.807) is 0 Å². The first-order valence-electron chi connectivity index (χ1n) is 1.97. The van der Waals surface area contributed by atoms with Crippen molar-refractivity contribution in [1.82, 2.24) is 0 Å². The van der Waals surface area contributed by atoms with E-state index in [-0.39, 0.29) is 0 Å². The first-order valence-corrected chi connectivity index (χ1v) is 1.97. The third-order valence-corrected chi connectivity index (χ3v) is 0.368. The molecule has 0 aromatic rings. The fraction of sp³-hybridized carbons (Fsp3) is 0. The predicted octanol–water partition coefficient (Wildman–Crippen LogP) is -0.271. The normalized spacial score (nSPS) is 8.20. The van der Waals surface area contributed by atoms with E-state index in [1.165, 1.54) is 0 Å². The molecule has 0 aliphatic rings. The fourth-order valence-electron chi connectivity index (χ4n) is 0.143. The lowest BCUT2D eigenvalue weighted by Crippen LogP contribution is -1.91. The summed E-state index contributed by atoms with van der Waals surface area (Å²) in [6, 6.07) is 0. The van der Waals surface area contributed by atoms with Crippen molar-refractivity contribution in [1.29, 1.82) is 0 Å². The summed E-state index contributed by atoms with van der Waals surface area (Å²) < 4.78 is 0. The lowest BCUT2D eigenvalue weighted by molar-refractivity contribution is -0.176. The molecule has 4 N–H and O–H groups in total. The van der Waals surface area contributed by atoms with Crippen LogP contribution < -0.4 is 0 Å². The minimum Gasteiger partial charge on any atom is -0.478 e. The second-order valence-corrected chi connectivity index (χ2v) is 1.01. The Hall–Kier alpha value is -1.40. The van der Waals surface area contributed by atoms with Crippen LogP contribution in [0.4, 0.5) is 0 Å². The molecule has 0 rings (SSSR count). The molecule has 0 aliphatic carbocycles. The van der Waals surface area contributed by atoms with E-state index in [0.29, 0.717) is 12.2 Å². The predicted molar refractivity (Wildman–Crippen MR) is 29.7 cm³/mol. The number of hydrogen-bond donors (Lipinski definition) is 4. The third kappa shape index (κ3) is 16.0. The monoisotopic (exact) mass is 150 g/mol. The average molecular weight is 150 g/mol. The molecule has 0 heterocycles. The first kappa shape index (κ1) is 11.4. The molecule has 6 heteroatoms. The van der Waals surface area contributed by atoms with E-state index in [9.17, 15) is 9.59 Å². The number of carboxylic acids is 2. The van der Waals surface area contributed by atoms with Crippen LogP contribution in [0.25, 0.3) is 0 Å². The smallest absolute Gasteiger partial charge is 0.328 e. The second-order valence-electron chi connectivity index (χ2n) is 1.01. The van der Waals surface area contributed by atoms with Crippen LogP contribution in [0.2, 0.25) is 0 Å². The van der Waals surface area contributed by atoms with E-state index >= 15 is 0 Å². The molecule has 0 saturated carbocycles. The number of aliphatic carboxylic acids is 2. The highest BCUT2D eigenvalue weighted by Crippen LogP contribution is 1.70. The second kappa shape index (κ2) is 7.60. The van der Waals surface area contributed by atoms with Gasteiger partial charge in [0.1, 0.15) is 0 Å². The average Bonchev–Trinajstić information content (AvgIpc) is 1.89. The Labute approximate surface area is 55.6 Å². The van der Waals surface area contributed by atoms with Gasteiger partial charge >= 0.3 is 11.9 Å². The van der Waals surface area contributed by atoms with Crippen molar-refractivity contribution in [2.75, 3.05) is 0 Å². The van der Waals surface area contributed by atoms with Gasteiger partial charge in [-0.15, -0.1) is 0 Å². The Balaban J connectivity index is 0. The summed E-state index contributed by atoms with van der Waals surface area (Å²) in [6.07, 6.45) is 1.12. The molecule has 0 saturated heterocycles. The molecule has 0 aromatic heterocycles. The van der Waals surface area contributed by atoms with Gasteiger partial charge in [0, 0.05) is 12.2 Å². The van der Waals surface area contributed by atoms with Crippen molar-refractivity contribution in [2.45, 2.75) is 0 Å². The van der Waals surface area contributed by atoms with Crippen LogP contribution in [0, 0.1) is 0 Å². The van der Waals surface area contributed by atoms with Crippen molar-refractivity contribution in [3.05, 3.63) is 12.2 Å². The minimum absolute atomic E-state index is 0.558. The number of rotatable bonds is 2. The number of carbonyl (C=O) groups is 2. The summed E-state index contributed by atoms with van der Waals surface area (Å²) in [5, 5.41) is 27.6. The molecule has 0 bridgehead atoms. The summed E-state index contributed by atoms with van der Waals surface area (Å²) in [4.78, 5) is 19.1. The number of hydrogen-bond acceptors (Lipinski definition) is 4. The van der Waals surface area contributed by atoms with E-state index in [4.69, 9.17) is 20.7 Å². The standard InChI is InChI=1S/C4H4O4.H2O2/c5-3(6)1-2-4(7)8;1-2/h1-2H,(H,5,6)(H,7,8);1-2H/b2-1-;. The molecule has 0 unspecified atom stereocenters. The lowest BCUT2D eigenvalue weighted by Gasteiger charge is -1.74. The molecule has 58 valence electrons. The van der Waals surface area contributed by atoms with Gasteiger partial charge in [0.25, 0.3) is 0 Å². The van der Waals surface area contributed by atoms with Crippen molar-refractivity contribution >= 4 is 11.9 Å². The SMILES string of the molecule is O=C(O)/C=C\C(=O)O.OO. The molecule has 0 atom stereocenters. The zero-order valence-corrected chi connectivity index (χ0v) is 4.76. The van der Waals surface area contributed by atoms with Crippen molar-refractivity contribution in [3.63, 3.8) is 0 Å². The minimum atomic E-state index is -1.26. The van der Waals surface area contributed by atoms with E-state index in [0.717, 1.165) is 0 Å². The van der Waals surface area contributed by atoms with Gasteiger partial charge in [0.05, 0.1) is 0 Å². The molecule has 0 fully saturated rings. The van der Waals surface area contributed by atoms with Crippen LogP contribution in [0.1, 0.15) is 0 Å². The van der Waals surface area contributed by atoms with Crippen molar-refractivity contribution < 1.29 is 30.3 Å². The molecular weight excluding hydrogens is 144 g/mol. The zero-order chi connectivity index (χ0) is 8.57. The van der Waals surface area contributed by atoms with Gasteiger partial charge in [-0.1, -0.05) is 0 Å². The Kier molecular flexibility index (Phi) is 8.67. The highest BCUT2D eigenvalue weighted by atomic mass is 17.0. The Morgan fingerprint density at radius 2 is 1.10 bits per heavy atom. The highest BCUT2D eigenvalue weighted by molar-refractivity contribution is 5.89. The van der Waals surface area contributed by atoms with Gasteiger partial charge in [-0.2, -0.15) is 0 Å². The van der Waals surface area contributed by atoms with Crippen molar-refractivity contribution in [2.24, 2.45) is 0 Å². The maximum Gasteiger partial charge on any atom is 0.328 e. The van der Waals surface area contributed by atoms with E-state index in [2.05, 4.69) is 0 Å². The van der Waals surface area contributed by atoms with Gasteiger partial charge in [-0.25, -0.2) is 9.59 Å². The van der Waals surface area contributed by atoms with Crippen LogP contribution in [0.5, 0.6) is 0 Å². The van der Waals surface area contributed by atoms with E-state index < -0.39 is 11.9 Å². The molecule has 0 aliphatic heterocycles. The number of carboxylic acid groups (broad SMARTS) is 2. The fourth-order valence-corrected chi connectivity index (χ4v) is 0.143. The molecule has 10 heavy (non-hydrogen) atoms. The molecule has 0 spiro atoms. The quantitative estimate of drug-likeness (QED) is 0.244. The van der Waals surface area contributed by atoms with Gasteiger partial charge in [-0.3, -0.25) is 10.5 Å². The summed E-state index contributed by atoms with van der Waals surface area (Å²) in [6.45, 7) is 0. The van der Waals surface area contributed by atoms with Gasteiger partial charge in [-0.05, 0) is 0 Å². The van der Waals surface area contributed by atoms with Crippen LogP contribution in [-0.4, -0.2) is 32.7 Å². The van der Waals surface area contributed by atoms with Crippen LogP contribution in [0.3, 0.4) is 0 Å². The van der Waals surface area contributed by atoms with Gasteiger partial charge in [0.2, 0.25) is 0 Å². The lowest BCUT2D eigenvalue weighted by atomic mass is 10.5. The van der Waals surface area contributed by atoms with Crippen LogP contribution in [-0.2, 0) is 9.59 Å². The Morgan fingerprint density at radius 3 is 1.20 bits per heavy atom. The van der Waals surface area contributed by atoms with Crippen LogP contribution in [0.15, 0.2) is 12.2 Å². The zero-order valence-electron chi connectivity index (χ0n) is 4.76. The third-order valence-electron chi connectivity index (χ3n) is 0.368. The first-order chi connectivity index (χ1) is 4.63. The van der Waals surface area contributed by atoms with Gasteiger partial charge in [0.15, 0.2) is 0 Å². The molecule has 0 amide bonds. The molecule has 6 nitrogen and oxygen atoms in total. The molecule has 0 aromatic carbocycles. The summed E-state index contributed by atoms with van der Waals surface area (Å²) in [5.74, 6) is -2.51. The maximum absolute atomic E-state index is 9.55. The largest absolute Gasteiger partial charge is 0.478 e. The summed E-state index contributed by atoms with van der Waals surface area (Å²) >= 11 is 0. The summed E-state index contributed by atoms with van der Waals surface area (Å²) in [7, 11) is 0. The molecule has 0 radical (unpaired) electrons. The van der Waals surface area contributed by atoms with Gasteiger partial charge < -0.3 is 10.2 Å². The summed E-state index contributed by atoms with van der Waals surface area (Å²) in [5.41, 5.74) is 0. The van der Waals surface area contributed by atoms with E-state index in [1.807, 2.05) is 0 Å². The maximum atomic E-state index is 9.55. The topological polar surface area (TPSA) is 115 Å². The Bertz CT molecular complexity index is 121. The Morgan fingerprint density at radius 1 is 0.900 bits per heavy atom. The van der Waals surface area contributed by atoms with Crippen LogP contribution >= 0.6 is 0 Å². The van der Waals surface area contributed by atoms with Crippen molar-refractivity contribution in [3.8, 4) is 0 Å². The highest BCUT2D eigenvalue weighted by Gasteiger charge is 1.88. The molecular formula is C4H6O6.